The lowest BCUT2D eigenvalue weighted by atomic mass is 10.00. The van der Waals surface area contributed by atoms with Crippen molar-refractivity contribution < 1.29 is 0 Å². The Balaban J connectivity index is 1.58. The summed E-state index contributed by atoms with van der Waals surface area (Å²) in [4.78, 5) is 2.51. The highest BCUT2D eigenvalue weighted by molar-refractivity contribution is 5.55. The van der Waals surface area contributed by atoms with Gasteiger partial charge in [-0.3, -0.25) is 0 Å². The number of piperidine rings is 1. The fraction of sp³-hybridized carbons (Fsp3) is 0.400. The van der Waals surface area contributed by atoms with Gasteiger partial charge in [0.25, 0.3) is 0 Å². The molecule has 2 aromatic carbocycles. The Hall–Kier alpha value is -1.96. The summed E-state index contributed by atoms with van der Waals surface area (Å²) < 4.78 is 0. The molecule has 22 heavy (non-hydrogen) atoms. The van der Waals surface area contributed by atoms with Crippen LogP contribution in [0.1, 0.15) is 30.9 Å². The fourth-order valence-corrected chi connectivity index (χ4v) is 3.12. The predicted molar refractivity (Wildman–Crippen MR) is 95.6 cm³/mol. The van der Waals surface area contributed by atoms with Crippen LogP contribution < -0.4 is 10.2 Å². The van der Waals surface area contributed by atoms with E-state index in [0.29, 0.717) is 0 Å². The van der Waals surface area contributed by atoms with E-state index in [9.17, 15) is 0 Å². The summed E-state index contributed by atoms with van der Waals surface area (Å²) in [5, 5.41) is 3.50. The van der Waals surface area contributed by atoms with Crippen LogP contribution in [0.5, 0.6) is 0 Å². The van der Waals surface area contributed by atoms with Crippen molar-refractivity contribution in [3.63, 3.8) is 0 Å². The van der Waals surface area contributed by atoms with Gasteiger partial charge in [0.15, 0.2) is 0 Å². The van der Waals surface area contributed by atoms with E-state index < -0.39 is 0 Å². The van der Waals surface area contributed by atoms with Crippen LogP contribution in [0.25, 0.3) is 0 Å². The van der Waals surface area contributed by atoms with Crippen molar-refractivity contribution in [2.45, 2.75) is 33.2 Å². The molecule has 0 aliphatic carbocycles. The summed E-state index contributed by atoms with van der Waals surface area (Å²) in [6.07, 6.45) is 2.68. The lowest BCUT2D eigenvalue weighted by Crippen LogP contribution is -2.34. The van der Waals surface area contributed by atoms with Crippen molar-refractivity contribution in [3.8, 4) is 0 Å². The minimum absolute atomic E-state index is 0.813. The lowest BCUT2D eigenvalue weighted by Gasteiger charge is -2.32. The van der Waals surface area contributed by atoms with E-state index in [0.717, 1.165) is 12.5 Å². The first-order chi connectivity index (χ1) is 10.7. The van der Waals surface area contributed by atoms with Gasteiger partial charge >= 0.3 is 0 Å². The van der Waals surface area contributed by atoms with Crippen LogP contribution in [0.4, 0.5) is 11.4 Å². The van der Waals surface area contributed by atoms with Crippen LogP contribution >= 0.6 is 0 Å². The van der Waals surface area contributed by atoms with Gasteiger partial charge in [0, 0.05) is 31.0 Å². The quantitative estimate of drug-likeness (QED) is 0.867. The molecule has 1 unspecified atom stereocenters. The van der Waals surface area contributed by atoms with E-state index in [1.165, 1.54) is 48.4 Å². The summed E-state index contributed by atoms with van der Waals surface area (Å²) in [5.41, 5.74) is 5.17. The molecule has 0 bridgehead atoms. The average Bonchev–Trinajstić information content (AvgIpc) is 2.55. The topological polar surface area (TPSA) is 15.3 Å². The SMILES string of the molecule is Cc1ccc(CNc2ccc(N3CCCC(C)C3)cc2)cc1. The summed E-state index contributed by atoms with van der Waals surface area (Å²) >= 11 is 0. The molecule has 116 valence electrons. The second kappa shape index (κ2) is 6.87. The molecule has 3 rings (SSSR count). The zero-order valence-corrected chi connectivity index (χ0v) is 13.7. The predicted octanol–water partition coefficient (Wildman–Crippen LogP) is 4.84. The third-order valence-corrected chi connectivity index (χ3v) is 4.51. The van der Waals surface area contributed by atoms with Gasteiger partial charge in [0.1, 0.15) is 0 Å². The number of anilines is 2. The molecule has 0 spiro atoms. The van der Waals surface area contributed by atoms with E-state index in [-0.39, 0.29) is 0 Å². The van der Waals surface area contributed by atoms with Crippen molar-refractivity contribution in [2.24, 2.45) is 5.92 Å². The molecule has 0 radical (unpaired) electrons. The molecule has 2 aromatic rings. The first-order valence-corrected chi connectivity index (χ1v) is 8.35. The minimum atomic E-state index is 0.813. The third kappa shape index (κ3) is 3.82. The Morgan fingerprint density at radius 1 is 1.05 bits per heavy atom. The molecule has 1 saturated heterocycles. The number of nitrogens with one attached hydrogen (secondary N) is 1. The van der Waals surface area contributed by atoms with Crippen LogP contribution in [0.2, 0.25) is 0 Å². The molecule has 1 heterocycles. The maximum Gasteiger partial charge on any atom is 0.0400 e. The summed E-state index contributed by atoms with van der Waals surface area (Å²) in [6.45, 7) is 7.73. The second-order valence-corrected chi connectivity index (χ2v) is 6.58. The molecule has 2 heteroatoms. The zero-order chi connectivity index (χ0) is 15.4. The highest BCUT2D eigenvalue weighted by Gasteiger charge is 2.16. The standard InChI is InChI=1S/C20H26N2/c1-16-5-7-18(8-6-16)14-21-19-9-11-20(12-10-19)22-13-3-4-17(2)15-22/h5-12,17,21H,3-4,13-15H2,1-2H3. The van der Waals surface area contributed by atoms with Gasteiger partial charge in [-0.25, -0.2) is 0 Å². The van der Waals surface area contributed by atoms with Crippen LogP contribution in [-0.2, 0) is 6.54 Å². The zero-order valence-electron chi connectivity index (χ0n) is 13.7. The Kier molecular flexibility index (Phi) is 4.67. The van der Waals surface area contributed by atoms with Gasteiger partial charge in [-0.2, -0.15) is 0 Å². The number of hydrogen-bond donors (Lipinski definition) is 1. The second-order valence-electron chi connectivity index (χ2n) is 6.58. The maximum absolute atomic E-state index is 3.50. The van der Waals surface area contributed by atoms with Crippen LogP contribution in [-0.4, -0.2) is 13.1 Å². The van der Waals surface area contributed by atoms with Crippen molar-refractivity contribution >= 4 is 11.4 Å². The Bertz CT molecular complexity index is 586. The highest BCUT2D eigenvalue weighted by atomic mass is 15.1. The van der Waals surface area contributed by atoms with E-state index in [2.05, 4.69) is 72.6 Å². The number of benzene rings is 2. The maximum atomic E-state index is 3.50. The molecule has 1 atom stereocenters. The summed E-state index contributed by atoms with van der Waals surface area (Å²) in [6, 6.07) is 17.6. The lowest BCUT2D eigenvalue weighted by molar-refractivity contribution is 0.447. The Labute approximate surface area is 134 Å². The molecule has 2 nitrogen and oxygen atoms in total. The van der Waals surface area contributed by atoms with Gasteiger partial charge in [0.05, 0.1) is 0 Å². The number of rotatable bonds is 4. The molecule has 0 amide bonds. The van der Waals surface area contributed by atoms with Gasteiger partial charge in [-0.15, -0.1) is 0 Å². The van der Waals surface area contributed by atoms with Gasteiger partial charge in [-0.05, 0) is 55.5 Å². The van der Waals surface area contributed by atoms with Gasteiger partial charge < -0.3 is 10.2 Å². The molecular formula is C20H26N2. The Morgan fingerprint density at radius 3 is 2.45 bits per heavy atom. The van der Waals surface area contributed by atoms with Crippen LogP contribution in [0, 0.1) is 12.8 Å². The highest BCUT2D eigenvalue weighted by Crippen LogP contribution is 2.24. The number of nitrogens with zero attached hydrogens (tertiary/aromatic N) is 1. The van der Waals surface area contributed by atoms with Crippen molar-refractivity contribution in [1.29, 1.82) is 0 Å². The largest absolute Gasteiger partial charge is 0.381 e. The number of aryl methyl sites for hydroxylation is 1. The van der Waals surface area contributed by atoms with Crippen LogP contribution in [0.3, 0.4) is 0 Å². The van der Waals surface area contributed by atoms with Gasteiger partial charge in [0.2, 0.25) is 0 Å². The first-order valence-electron chi connectivity index (χ1n) is 8.35. The molecule has 0 aromatic heterocycles. The molecule has 1 aliphatic heterocycles. The molecular weight excluding hydrogens is 268 g/mol. The average molecular weight is 294 g/mol. The molecule has 0 saturated carbocycles. The first kappa shape index (κ1) is 15.0. The van der Waals surface area contributed by atoms with E-state index >= 15 is 0 Å². The summed E-state index contributed by atoms with van der Waals surface area (Å²) in [5.74, 6) is 0.813. The van der Waals surface area contributed by atoms with Crippen molar-refractivity contribution in [1.82, 2.24) is 0 Å². The monoisotopic (exact) mass is 294 g/mol. The molecule has 1 aliphatic rings. The third-order valence-electron chi connectivity index (χ3n) is 4.51. The Morgan fingerprint density at radius 2 is 1.77 bits per heavy atom. The van der Waals surface area contributed by atoms with Crippen molar-refractivity contribution in [3.05, 3.63) is 59.7 Å². The van der Waals surface area contributed by atoms with E-state index in [4.69, 9.17) is 0 Å². The van der Waals surface area contributed by atoms with Gasteiger partial charge in [-0.1, -0.05) is 36.8 Å². The van der Waals surface area contributed by atoms with Crippen molar-refractivity contribution in [2.75, 3.05) is 23.3 Å². The van der Waals surface area contributed by atoms with E-state index in [1.807, 2.05) is 0 Å². The molecule has 1 N–H and O–H groups in total. The molecule has 1 fully saturated rings. The van der Waals surface area contributed by atoms with E-state index in [1.54, 1.807) is 0 Å². The smallest absolute Gasteiger partial charge is 0.0400 e. The van der Waals surface area contributed by atoms with Crippen LogP contribution in [0.15, 0.2) is 48.5 Å². The summed E-state index contributed by atoms with van der Waals surface area (Å²) in [7, 11) is 0. The number of hydrogen-bond acceptors (Lipinski definition) is 2. The fourth-order valence-electron chi connectivity index (χ4n) is 3.12. The normalized spacial score (nSPS) is 18.3. The minimum Gasteiger partial charge on any atom is -0.381 e.